The fraction of sp³-hybridized carbons (Fsp3) is 0.184. The molecule has 1 atom stereocenters. The van der Waals surface area contributed by atoms with Gasteiger partial charge in [-0.2, -0.15) is 0 Å². The highest BCUT2D eigenvalue weighted by atomic mass is 15.2. The first kappa shape index (κ1) is 35.4. The van der Waals surface area contributed by atoms with Crippen molar-refractivity contribution in [3.05, 3.63) is 181 Å². The molecule has 0 saturated carbocycles. The Morgan fingerprint density at radius 3 is 1.40 bits per heavy atom. The number of hydrogen-bond acceptors (Lipinski definition) is 4. The molecule has 264 valence electrons. The molecule has 0 spiro atoms. The van der Waals surface area contributed by atoms with Crippen molar-refractivity contribution in [3.63, 3.8) is 0 Å². The summed E-state index contributed by atoms with van der Waals surface area (Å²) in [4.78, 5) is 14.4. The SMILES string of the molecule is Cc1ccc(-c2ccc(N(c3ccc(C)nc3)c3cc(CC(C)C(C)C)cc(N(c4ccccc4)c4ccc(C)nc4)c3-c3ccccc3)cc2)cc1. The van der Waals surface area contributed by atoms with Crippen molar-refractivity contribution >= 4 is 34.1 Å². The lowest BCUT2D eigenvalue weighted by atomic mass is 9.88. The van der Waals surface area contributed by atoms with E-state index in [2.05, 4.69) is 183 Å². The maximum atomic E-state index is 4.82. The highest BCUT2D eigenvalue weighted by molar-refractivity contribution is 5.99. The molecule has 0 amide bonds. The zero-order valence-corrected chi connectivity index (χ0v) is 31.7. The van der Waals surface area contributed by atoms with Crippen molar-refractivity contribution < 1.29 is 0 Å². The van der Waals surface area contributed by atoms with Crippen molar-refractivity contribution in [1.82, 2.24) is 9.97 Å². The van der Waals surface area contributed by atoms with Crippen LogP contribution in [0.3, 0.4) is 0 Å². The molecular weight excluding hydrogens is 645 g/mol. The van der Waals surface area contributed by atoms with Crippen LogP contribution in [0.15, 0.2) is 158 Å². The number of hydrogen-bond donors (Lipinski definition) is 0. The second kappa shape index (κ2) is 15.7. The summed E-state index contributed by atoms with van der Waals surface area (Å²) in [5.74, 6) is 1.02. The minimum atomic E-state index is 0.479. The Morgan fingerprint density at radius 2 is 0.925 bits per heavy atom. The third-order valence-electron chi connectivity index (χ3n) is 10.2. The molecule has 7 rings (SSSR count). The average molecular weight is 693 g/mol. The summed E-state index contributed by atoms with van der Waals surface area (Å²) in [5.41, 5.74) is 15.5. The molecule has 0 N–H and O–H groups in total. The van der Waals surface area contributed by atoms with Crippen molar-refractivity contribution in [3.8, 4) is 22.3 Å². The molecule has 0 aliphatic rings. The number of aromatic nitrogens is 2. The van der Waals surface area contributed by atoms with E-state index in [9.17, 15) is 0 Å². The van der Waals surface area contributed by atoms with E-state index in [0.29, 0.717) is 11.8 Å². The molecule has 2 aromatic heterocycles. The van der Waals surface area contributed by atoms with Gasteiger partial charge < -0.3 is 9.80 Å². The van der Waals surface area contributed by atoms with Crippen LogP contribution >= 0.6 is 0 Å². The molecule has 0 aliphatic carbocycles. The molecule has 0 bridgehead atoms. The first-order valence-corrected chi connectivity index (χ1v) is 18.6. The summed E-state index contributed by atoms with van der Waals surface area (Å²) in [6.07, 6.45) is 4.93. The number of nitrogens with zero attached hydrogens (tertiary/aromatic N) is 4. The quantitative estimate of drug-likeness (QED) is 0.135. The zero-order chi connectivity index (χ0) is 36.9. The molecule has 0 aliphatic heterocycles. The number of para-hydroxylation sites is 1. The van der Waals surface area contributed by atoms with E-state index in [1.165, 1.54) is 22.3 Å². The van der Waals surface area contributed by atoms with E-state index < -0.39 is 0 Å². The van der Waals surface area contributed by atoms with Crippen LogP contribution in [0.4, 0.5) is 34.1 Å². The number of anilines is 6. The normalized spacial score (nSPS) is 11.8. The van der Waals surface area contributed by atoms with E-state index in [1.54, 1.807) is 0 Å². The van der Waals surface area contributed by atoms with Gasteiger partial charge in [-0.15, -0.1) is 0 Å². The second-order valence-corrected chi connectivity index (χ2v) is 14.5. The van der Waals surface area contributed by atoms with Crippen LogP contribution in [-0.2, 0) is 6.42 Å². The lowest BCUT2D eigenvalue weighted by Crippen LogP contribution is -2.17. The lowest BCUT2D eigenvalue weighted by molar-refractivity contribution is 0.417. The Bertz CT molecular complexity index is 2240. The summed E-state index contributed by atoms with van der Waals surface area (Å²) in [6.45, 7) is 13.2. The Hall–Kier alpha value is -6.00. The molecular formula is C49H48N4. The van der Waals surface area contributed by atoms with Crippen molar-refractivity contribution in [1.29, 1.82) is 0 Å². The molecule has 0 radical (unpaired) electrons. The minimum Gasteiger partial charge on any atom is -0.308 e. The third kappa shape index (κ3) is 7.93. The summed E-state index contributed by atoms with van der Waals surface area (Å²) in [7, 11) is 0. The Kier molecular flexibility index (Phi) is 10.5. The zero-order valence-electron chi connectivity index (χ0n) is 31.7. The van der Waals surface area contributed by atoms with Gasteiger partial charge in [0.25, 0.3) is 0 Å². The topological polar surface area (TPSA) is 32.3 Å². The van der Waals surface area contributed by atoms with Crippen molar-refractivity contribution in [2.75, 3.05) is 9.80 Å². The van der Waals surface area contributed by atoms with E-state index in [4.69, 9.17) is 9.97 Å². The lowest BCUT2D eigenvalue weighted by Gasteiger charge is -2.34. The summed E-state index contributed by atoms with van der Waals surface area (Å²) in [5, 5.41) is 0. The van der Waals surface area contributed by atoms with E-state index >= 15 is 0 Å². The number of rotatable bonds is 11. The van der Waals surface area contributed by atoms with E-state index in [-0.39, 0.29) is 0 Å². The van der Waals surface area contributed by atoms with E-state index in [1.807, 2.05) is 26.2 Å². The molecule has 2 heterocycles. The van der Waals surface area contributed by atoms with Gasteiger partial charge in [-0.05, 0) is 122 Å². The monoisotopic (exact) mass is 692 g/mol. The largest absolute Gasteiger partial charge is 0.308 e. The highest BCUT2D eigenvalue weighted by Crippen LogP contribution is 2.50. The number of pyridine rings is 2. The fourth-order valence-corrected chi connectivity index (χ4v) is 6.81. The van der Waals surface area contributed by atoms with Gasteiger partial charge in [0.2, 0.25) is 0 Å². The molecule has 4 nitrogen and oxygen atoms in total. The van der Waals surface area contributed by atoms with Crippen LogP contribution in [0, 0.1) is 32.6 Å². The van der Waals surface area contributed by atoms with Crippen LogP contribution in [0.25, 0.3) is 22.3 Å². The minimum absolute atomic E-state index is 0.479. The van der Waals surface area contributed by atoms with Gasteiger partial charge in [-0.3, -0.25) is 9.97 Å². The van der Waals surface area contributed by atoms with Gasteiger partial charge in [0.05, 0.1) is 35.1 Å². The molecule has 5 aromatic carbocycles. The smallest absolute Gasteiger partial charge is 0.0645 e. The predicted octanol–water partition coefficient (Wildman–Crippen LogP) is 13.5. The van der Waals surface area contributed by atoms with Gasteiger partial charge in [0.15, 0.2) is 0 Å². The molecule has 53 heavy (non-hydrogen) atoms. The van der Waals surface area contributed by atoms with Gasteiger partial charge in [0.1, 0.15) is 0 Å². The van der Waals surface area contributed by atoms with Crippen LogP contribution in [0.5, 0.6) is 0 Å². The first-order chi connectivity index (χ1) is 25.7. The fourth-order valence-electron chi connectivity index (χ4n) is 6.81. The van der Waals surface area contributed by atoms with Crippen molar-refractivity contribution in [2.24, 2.45) is 11.8 Å². The van der Waals surface area contributed by atoms with Gasteiger partial charge in [-0.1, -0.05) is 111 Å². The molecule has 1 unspecified atom stereocenters. The molecule has 7 aromatic rings. The average Bonchev–Trinajstić information content (AvgIpc) is 3.18. The summed E-state index contributed by atoms with van der Waals surface area (Å²) < 4.78 is 0. The number of benzene rings is 5. The van der Waals surface area contributed by atoms with Gasteiger partial charge in [-0.25, -0.2) is 0 Å². The molecule has 4 heteroatoms. The Balaban J connectivity index is 1.54. The third-order valence-corrected chi connectivity index (χ3v) is 10.2. The van der Waals surface area contributed by atoms with Crippen molar-refractivity contribution in [2.45, 2.75) is 48.0 Å². The standard InChI is InChI=1S/C49H48N4/c1-34(2)36(4)29-39-30-47(52(43-15-11-8-12-16-43)45-25-19-37(5)50-32-45)49(42-13-9-7-10-14-42)48(31-39)53(46-26-20-38(6)51-33-46)44-27-23-41(24-28-44)40-21-17-35(3)18-22-40/h7-28,30-34,36H,29H2,1-6H3. The maximum Gasteiger partial charge on any atom is 0.0645 e. The maximum absolute atomic E-state index is 4.82. The second-order valence-electron chi connectivity index (χ2n) is 14.5. The Labute approximate surface area is 315 Å². The van der Waals surface area contributed by atoms with Gasteiger partial charge in [0, 0.05) is 28.3 Å². The number of aryl methyl sites for hydroxylation is 3. The first-order valence-electron chi connectivity index (χ1n) is 18.6. The molecule has 0 fully saturated rings. The summed E-state index contributed by atoms with van der Waals surface area (Å²) in [6, 6.07) is 52.5. The van der Waals surface area contributed by atoms with E-state index in [0.717, 1.165) is 63.1 Å². The molecule has 0 saturated heterocycles. The Morgan fingerprint density at radius 1 is 0.472 bits per heavy atom. The van der Waals surface area contributed by atoms with Crippen LogP contribution in [0.2, 0.25) is 0 Å². The summed E-state index contributed by atoms with van der Waals surface area (Å²) >= 11 is 0. The van der Waals surface area contributed by atoms with Gasteiger partial charge >= 0.3 is 0 Å². The van der Waals surface area contributed by atoms with Crippen LogP contribution < -0.4 is 9.80 Å². The van der Waals surface area contributed by atoms with Crippen LogP contribution in [0.1, 0.15) is 43.3 Å². The predicted molar refractivity (Wildman–Crippen MR) is 224 cm³/mol. The highest BCUT2D eigenvalue weighted by Gasteiger charge is 2.26. The van der Waals surface area contributed by atoms with Crippen LogP contribution in [-0.4, -0.2) is 9.97 Å².